The second-order valence-corrected chi connectivity index (χ2v) is 5.26. The van der Waals surface area contributed by atoms with Crippen molar-refractivity contribution < 1.29 is 14.3 Å². The molecule has 1 aromatic rings. The van der Waals surface area contributed by atoms with E-state index in [2.05, 4.69) is 4.98 Å². The maximum Gasteiger partial charge on any atom is 0.193 e. The predicted octanol–water partition coefficient (Wildman–Crippen LogP) is 3.26. The lowest BCUT2D eigenvalue weighted by molar-refractivity contribution is 0.0313. The first-order chi connectivity index (χ1) is 9.76. The van der Waals surface area contributed by atoms with Crippen molar-refractivity contribution in [2.24, 2.45) is 5.92 Å². The van der Waals surface area contributed by atoms with Gasteiger partial charge in [-0.25, -0.2) is 0 Å². The van der Waals surface area contributed by atoms with Crippen LogP contribution in [0.25, 0.3) is 0 Å². The van der Waals surface area contributed by atoms with Gasteiger partial charge in [0, 0.05) is 18.9 Å². The van der Waals surface area contributed by atoms with Crippen LogP contribution in [0.4, 0.5) is 0 Å². The number of aromatic nitrogens is 1. The van der Waals surface area contributed by atoms with Crippen LogP contribution in [0.3, 0.4) is 0 Å². The molecular weight excluding hydrogens is 254 g/mol. The van der Waals surface area contributed by atoms with Gasteiger partial charge in [0.15, 0.2) is 5.78 Å². The summed E-state index contributed by atoms with van der Waals surface area (Å²) in [6.07, 6.45) is 8.66. The molecule has 110 valence electrons. The number of hydrogen-bond acceptors (Lipinski definition) is 4. The molecule has 0 radical (unpaired) electrons. The van der Waals surface area contributed by atoms with Gasteiger partial charge in [0.05, 0.1) is 12.8 Å². The number of methoxy groups -OCH3 is 1. The molecule has 1 fully saturated rings. The Morgan fingerprint density at radius 1 is 1.35 bits per heavy atom. The third kappa shape index (κ3) is 3.57. The van der Waals surface area contributed by atoms with Crippen LogP contribution in [-0.2, 0) is 4.74 Å². The summed E-state index contributed by atoms with van der Waals surface area (Å²) < 4.78 is 10.9. The molecule has 2 rings (SSSR count). The monoisotopic (exact) mass is 277 g/mol. The fourth-order valence-electron chi connectivity index (χ4n) is 2.91. The topological polar surface area (TPSA) is 48.4 Å². The number of hydrogen-bond donors (Lipinski definition) is 0. The molecule has 20 heavy (non-hydrogen) atoms. The molecule has 0 N–H and O–H groups in total. The molecule has 4 heteroatoms. The lowest BCUT2D eigenvalue weighted by Gasteiger charge is -2.28. The van der Waals surface area contributed by atoms with Crippen LogP contribution >= 0.6 is 0 Å². The highest BCUT2D eigenvalue weighted by Gasteiger charge is 2.30. The number of carbonyl (C=O) groups is 1. The van der Waals surface area contributed by atoms with Gasteiger partial charge in [-0.05, 0) is 31.7 Å². The normalized spacial score (nSPS) is 17.7. The van der Waals surface area contributed by atoms with Crippen molar-refractivity contribution in [3.8, 4) is 5.75 Å². The summed E-state index contributed by atoms with van der Waals surface area (Å²) >= 11 is 0. The third-order valence-corrected chi connectivity index (χ3v) is 3.90. The zero-order chi connectivity index (χ0) is 14.4. The number of pyridine rings is 1. The van der Waals surface area contributed by atoms with E-state index in [1.54, 1.807) is 25.6 Å². The van der Waals surface area contributed by atoms with Gasteiger partial charge in [-0.15, -0.1) is 0 Å². The van der Waals surface area contributed by atoms with Gasteiger partial charge in [0.2, 0.25) is 0 Å². The molecule has 1 atom stereocenters. The highest BCUT2D eigenvalue weighted by molar-refractivity contribution is 5.99. The summed E-state index contributed by atoms with van der Waals surface area (Å²) in [5.74, 6) is 0.988. The molecule has 1 unspecified atom stereocenters. The number of rotatable bonds is 6. The van der Waals surface area contributed by atoms with Crippen LogP contribution in [0, 0.1) is 5.92 Å². The van der Waals surface area contributed by atoms with Crippen molar-refractivity contribution in [2.75, 3.05) is 13.7 Å². The van der Waals surface area contributed by atoms with Crippen molar-refractivity contribution in [3.63, 3.8) is 0 Å². The zero-order valence-corrected chi connectivity index (χ0v) is 12.3. The number of ether oxygens (including phenoxy) is 2. The minimum atomic E-state index is -0.353. The Hall–Kier alpha value is -1.42. The first kappa shape index (κ1) is 15.0. The molecular formula is C16H23NO3. The fourth-order valence-corrected chi connectivity index (χ4v) is 2.91. The van der Waals surface area contributed by atoms with Gasteiger partial charge in [0.1, 0.15) is 11.9 Å². The smallest absolute Gasteiger partial charge is 0.193 e. The summed E-state index contributed by atoms with van der Waals surface area (Å²) in [7, 11) is 1.62. The Balaban J connectivity index is 2.12. The minimum absolute atomic E-state index is 0.0217. The first-order valence-corrected chi connectivity index (χ1v) is 7.41. The zero-order valence-electron chi connectivity index (χ0n) is 12.3. The maximum absolute atomic E-state index is 12.6. The van der Waals surface area contributed by atoms with Crippen molar-refractivity contribution in [2.45, 2.75) is 45.1 Å². The van der Waals surface area contributed by atoms with E-state index in [0.29, 0.717) is 23.8 Å². The quantitative estimate of drug-likeness (QED) is 0.749. The Labute approximate surface area is 120 Å². The van der Waals surface area contributed by atoms with Gasteiger partial charge < -0.3 is 9.47 Å². The Kier molecular flexibility index (Phi) is 5.53. The average molecular weight is 277 g/mol. The third-order valence-electron chi connectivity index (χ3n) is 3.90. The lowest BCUT2D eigenvalue weighted by atomic mass is 9.82. The molecule has 1 heterocycles. The van der Waals surface area contributed by atoms with E-state index in [4.69, 9.17) is 9.47 Å². The van der Waals surface area contributed by atoms with E-state index in [9.17, 15) is 4.79 Å². The van der Waals surface area contributed by atoms with E-state index < -0.39 is 0 Å². The molecule has 0 aromatic carbocycles. The molecule has 1 aliphatic carbocycles. The Morgan fingerprint density at radius 2 is 2.10 bits per heavy atom. The van der Waals surface area contributed by atoms with Crippen molar-refractivity contribution in [3.05, 3.63) is 24.0 Å². The number of ketones is 1. The standard InChI is InChI=1S/C16H23NO3/c1-3-20-14-9-13(10-17-11-14)15(18)16(19-2)12-7-5-4-6-8-12/h9-12,16H,3-8H2,1-2H3. The van der Waals surface area contributed by atoms with Crippen LogP contribution in [0.15, 0.2) is 18.5 Å². The molecule has 4 nitrogen and oxygen atoms in total. The van der Waals surface area contributed by atoms with Gasteiger partial charge in [0.25, 0.3) is 0 Å². The minimum Gasteiger partial charge on any atom is -0.492 e. The highest BCUT2D eigenvalue weighted by Crippen LogP contribution is 2.29. The average Bonchev–Trinajstić information content (AvgIpc) is 2.50. The largest absolute Gasteiger partial charge is 0.492 e. The second kappa shape index (κ2) is 7.39. The molecule has 1 aliphatic rings. The Bertz CT molecular complexity index is 441. The number of nitrogens with zero attached hydrogens (tertiary/aromatic N) is 1. The summed E-state index contributed by atoms with van der Waals surface area (Å²) in [5.41, 5.74) is 0.577. The number of carbonyl (C=O) groups excluding carboxylic acids is 1. The van der Waals surface area contributed by atoms with Gasteiger partial charge in [-0.2, -0.15) is 0 Å². The molecule has 0 amide bonds. The Morgan fingerprint density at radius 3 is 2.75 bits per heavy atom. The first-order valence-electron chi connectivity index (χ1n) is 7.41. The SMILES string of the molecule is CCOc1cncc(C(=O)C(OC)C2CCCCC2)c1. The fraction of sp³-hybridized carbons (Fsp3) is 0.625. The van der Waals surface area contributed by atoms with Crippen molar-refractivity contribution >= 4 is 5.78 Å². The van der Waals surface area contributed by atoms with Gasteiger partial charge >= 0.3 is 0 Å². The van der Waals surface area contributed by atoms with Gasteiger partial charge in [-0.3, -0.25) is 9.78 Å². The van der Waals surface area contributed by atoms with E-state index in [-0.39, 0.29) is 11.9 Å². The predicted molar refractivity (Wildman–Crippen MR) is 77.1 cm³/mol. The lowest BCUT2D eigenvalue weighted by Crippen LogP contribution is -2.33. The summed E-state index contributed by atoms with van der Waals surface area (Å²) in [5, 5.41) is 0. The van der Waals surface area contributed by atoms with E-state index >= 15 is 0 Å². The molecule has 1 saturated carbocycles. The molecule has 0 bridgehead atoms. The molecule has 1 aromatic heterocycles. The van der Waals surface area contributed by atoms with Crippen molar-refractivity contribution in [1.29, 1.82) is 0 Å². The highest BCUT2D eigenvalue weighted by atomic mass is 16.5. The van der Waals surface area contributed by atoms with Crippen LogP contribution in [0.2, 0.25) is 0 Å². The van der Waals surface area contributed by atoms with E-state index in [1.165, 1.54) is 19.3 Å². The van der Waals surface area contributed by atoms with E-state index in [0.717, 1.165) is 12.8 Å². The van der Waals surface area contributed by atoms with Gasteiger partial charge in [-0.1, -0.05) is 19.3 Å². The van der Waals surface area contributed by atoms with Crippen LogP contribution in [0.5, 0.6) is 5.75 Å². The van der Waals surface area contributed by atoms with Crippen LogP contribution in [0.1, 0.15) is 49.4 Å². The summed E-state index contributed by atoms with van der Waals surface area (Å²) in [4.78, 5) is 16.7. The maximum atomic E-state index is 12.6. The van der Waals surface area contributed by atoms with E-state index in [1.807, 2.05) is 6.92 Å². The molecule has 0 spiro atoms. The molecule has 0 aliphatic heterocycles. The van der Waals surface area contributed by atoms with Crippen LogP contribution in [-0.4, -0.2) is 30.6 Å². The second-order valence-electron chi connectivity index (χ2n) is 5.26. The molecule has 0 saturated heterocycles. The number of Topliss-reactive ketones (excluding diaryl/α,β-unsaturated/α-hetero) is 1. The summed E-state index contributed by atoms with van der Waals surface area (Å²) in [6.45, 7) is 2.48. The van der Waals surface area contributed by atoms with Crippen molar-refractivity contribution in [1.82, 2.24) is 4.98 Å². The summed E-state index contributed by atoms with van der Waals surface area (Å²) in [6, 6.07) is 1.76. The van der Waals surface area contributed by atoms with Crippen LogP contribution < -0.4 is 4.74 Å².